The third kappa shape index (κ3) is 5.86. The molecule has 0 aromatic heterocycles. The van der Waals surface area contributed by atoms with Gasteiger partial charge >= 0.3 is 6.03 Å². The van der Waals surface area contributed by atoms with Gasteiger partial charge in [0.05, 0.1) is 0 Å². The monoisotopic (exact) mass is 420 g/mol. The molecule has 2 bridgehead atoms. The van der Waals surface area contributed by atoms with E-state index in [1.54, 1.807) is 0 Å². The summed E-state index contributed by atoms with van der Waals surface area (Å²) in [5, 5.41) is 9.46. The van der Waals surface area contributed by atoms with Crippen LogP contribution in [-0.2, 0) is 4.79 Å². The van der Waals surface area contributed by atoms with Gasteiger partial charge in [-0.05, 0) is 63.0 Å². The number of halogens is 1. The van der Waals surface area contributed by atoms with Crippen LogP contribution in [0.1, 0.15) is 51.4 Å². The zero-order valence-electron chi connectivity index (χ0n) is 16.9. The van der Waals surface area contributed by atoms with Gasteiger partial charge in [0.15, 0.2) is 0 Å². The Kier molecular flexibility index (Phi) is 7.78. The van der Waals surface area contributed by atoms with Gasteiger partial charge in [0.1, 0.15) is 0 Å². The molecule has 160 valence electrons. The molecule has 3 unspecified atom stereocenters. The summed E-state index contributed by atoms with van der Waals surface area (Å²) in [4.78, 5) is 27.3. The first-order chi connectivity index (χ1) is 13.7. The largest absolute Gasteiger partial charge is 0.338 e. The molecule has 3 heterocycles. The summed E-state index contributed by atoms with van der Waals surface area (Å²) in [5.41, 5.74) is 0.775. The molecule has 4 rings (SSSR count). The fraction of sp³-hybridized carbons (Fsp3) is 0.636. The van der Waals surface area contributed by atoms with Crippen molar-refractivity contribution < 1.29 is 9.59 Å². The maximum Gasteiger partial charge on any atom is 0.319 e. The highest BCUT2D eigenvalue weighted by molar-refractivity contribution is 5.89. The van der Waals surface area contributed by atoms with Crippen LogP contribution >= 0.6 is 12.4 Å². The zero-order chi connectivity index (χ0) is 19.3. The molecule has 6 nitrogen and oxygen atoms in total. The van der Waals surface area contributed by atoms with Crippen molar-refractivity contribution in [2.45, 2.75) is 69.5 Å². The van der Waals surface area contributed by atoms with E-state index in [2.05, 4.69) is 16.0 Å². The Balaban J connectivity index is 0.00000240. The number of amides is 3. The molecule has 0 spiro atoms. The predicted molar refractivity (Wildman–Crippen MR) is 117 cm³/mol. The fourth-order valence-electron chi connectivity index (χ4n) is 5.15. The maximum atomic E-state index is 13.0. The number of fused-ring (bicyclic) bond motifs is 2. The highest BCUT2D eigenvalue weighted by Gasteiger charge is 2.36. The normalized spacial score (nSPS) is 28.3. The number of rotatable bonds is 5. The Morgan fingerprint density at radius 2 is 1.76 bits per heavy atom. The number of likely N-dealkylation sites (tertiary alicyclic amines) is 1. The van der Waals surface area contributed by atoms with E-state index in [1.165, 1.54) is 12.8 Å². The van der Waals surface area contributed by atoms with Crippen LogP contribution in [0.4, 0.5) is 10.5 Å². The first-order valence-electron chi connectivity index (χ1n) is 10.8. The third-order valence-electron chi connectivity index (χ3n) is 6.51. The Labute approximate surface area is 179 Å². The molecule has 0 saturated carbocycles. The number of nitrogens with zero attached hydrogens (tertiary/aromatic N) is 1. The van der Waals surface area contributed by atoms with Crippen LogP contribution in [0.3, 0.4) is 0 Å². The lowest BCUT2D eigenvalue weighted by molar-refractivity contribution is -0.136. The fourth-order valence-corrected chi connectivity index (χ4v) is 5.15. The minimum absolute atomic E-state index is 0. The number of carbonyl (C=O) groups is 2. The van der Waals surface area contributed by atoms with E-state index >= 15 is 0 Å². The topological polar surface area (TPSA) is 73.5 Å². The van der Waals surface area contributed by atoms with Gasteiger partial charge in [-0.2, -0.15) is 0 Å². The van der Waals surface area contributed by atoms with Crippen LogP contribution in [0.2, 0.25) is 0 Å². The summed E-state index contributed by atoms with van der Waals surface area (Å²) in [6.45, 7) is 1.34. The number of para-hydroxylation sites is 1. The van der Waals surface area contributed by atoms with Gasteiger partial charge in [-0.3, -0.25) is 4.79 Å². The number of urea groups is 1. The van der Waals surface area contributed by atoms with Crippen molar-refractivity contribution in [1.29, 1.82) is 0 Å². The molecule has 3 N–H and O–H groups in total. The average molecular weight is 421 g/mol. The highest BCUT2D eigenvalue weighted by atomic mass is 35.5. The zero-order valence-corrected chi connectivity index (χ0v) is 17.8. The van der Waals surface area contributed by atoms with Crippen molar-refractivity contribution in [3.8, 4) is 0 Å². The lowest BCUT2D eigenvalue weighted by atomic mass is 9.88. The number of carbonyl (C=O) groups excluding carboxylic acids is 2. The molecule has 3 fully saturated rings. The summed E-state index contributed by atoms with van der Waals surface area (Å²) in [7, 11) is 0. The Bertz CT molecular complexity index is 675. The molecule has 3 aliphatic heterocycles. The van der Waals surface area contributed by atoms with E-state index in [1.807, 2.05) is 35.2 Å². The van der Waals surface area contributed by atoms with Gasteiger partial charge in [0, 0.05) is 43.3 Å². The lowest BCUT2D eigenvalue weighted by Gasteiger charge is -2.37. The molecule has 0 radical (unpaired) electrons. The van der Waals surface area contributed by atoms with Gasteiger partial charge in [-0.25, -0.2) is 4.79 Å². The Morgan fingerprint density at radius 3 is 2.48 bits per heavy atom. The highest BCUT2D eigenvalue weighted by Crippen LogP contribution is 2.33. The molecule has 3 amide bonds. The van der Waals surface area contributed by atoms with Crippen molar-refractivity contribution >= 4 is 30.0 Å². The summed E-state index contributed by atoms with van der Waals surface area (Å²) < 4.78 is 0. The summed E-state index contributed by atoms with van der Waals surface area (Å²) >= 11 is 0. The Hall–Kier alpha value is -1.79. The van der Waals surface area contributed by atoms with E-state index in [9.17, 15) is 9.59 Å². The molecule has 0 aliphatic carbocycles. The smallest absolute Gasteiger partial charge is 0.319 e. The second-order valence-electron chi connectivity index (χ2n) is 8.62. The van der Waals surface area contributed by atoms with E-state index in [0.717, 1.165) is 44.3 Å². The second-order valence-corrected chi connectivity index (χ2v) is 8.62. The molecule has 7 heteroatoms. The quantitative estimate of drug-likeness (QED) is 0.682. The Morgan fingerprint density at radius 1 is 1.03 bits per heavy atom. The number of hydrogen-bond donors (Lipinski definition) is 3. The molecule has 3 aliphatic rings. The van der Waals surface area contributed by atoms with E-state index < -0.39 is 0 Å². The van der Waals surface area contributed by atoms with E-state index in [0.29, 0.717) is 31.0 Å². The molecule has 1 aromatic carbocycles. The van der Waals surface area contributed by atoms with Gasteiger partial charge in [-0.15, -0.1) is 12.4 Å². The lowest BCUT2D eigenvalue weighted by Crippen LogP contribution is -2.50. The van der Waals surface area contributed by atoms with E-state index in [-0.39, 0.29) is 30.4 Å². The minimum atomic E-state index is -0.209. The number of hydrogen-bond acceptors (Lipinski definition) is 3. The van der Waals surface area contributed by atoms with Gasteiger partial charge < -0.3 is 20.9 Å². The van der Waals surface area contributed by atoms with Gasteiger partial charge in [0.25, 0.3) is 0 Å². The number of piperidine rings is 2. The molecule has 29 heavy (non-hydrogen) atoms. The van der Waals surface area contributed by atoms with Crippen LogP contribution < -0.4 is 16.0 Å². The molecule has 3 saturated heterocycles. The third-order valence-corrected chi connectivity index (χ3v) is 6.51. The van der Waals surface area contributed by atoms with E-state index in [4.69, 9.17) is 0 Å². The summed E-state index contributed by atoms with van der Waals surface area (Å²) in [6.07, 6.45) is 8.63. The maximum absolute atomic E-state index is 13.0. The predicted octanol–water partition coefficient (Wildman–Crippen LogP) is 3.53. The molecule has 1 aromatic rings. The van der Waals surface area contributed by atoms with Crippen molar-refractivity contribution in [3.63, 3.8) is 0 Å². The summed E-state index contributed by atoms with van der Waals surface area (Å²) in [6, 6.07) is 10.6. The summed E-state index contributed by atoms with van der Waals surface area (Å²) in [5.74, 6) is 0.796. The number of anilines is 1. The van der Waals surface area contributed by atoms with Gasteiger partial charge in [0.2, 0.25) is 5.91 Å². The van der Waals surface area contributed by atoms with Crippen LogP contribution in [-0.4, -0.2) is 48.1 Å². The van der Waals surface area contributed by atoms with Crippen LogP contribution in [0.5, 0.6) is 0 Å². The number of nitrogens with one attached hydrogen (secondary N) is 3. The molecule has 3 atom stereocenters. The minimum Gasteiger partial charge on any atom is -0.338 e. The van der Waals surface area contributed by atoms with Gasteiger partial charge in [-0.1, -0.05) is 18.2 Å². The van der Waals surface area contributed by atoms with Crippen molar-refractivity contribution in [1.82, 2.24) is 15.5 Å². The first-order valence-corrected chi connectivity index (χ1v) is 10.8. The number of benzene rings is 1. The van der Waals surface area contributed by atoms with Crippen LogP contribution in [0.25, 0.3) is 0 Å². The second kappa shape index (κ2) is 10.3. The first kappa shape index (κ1) is 21.9. The van der Waals surface area contributed by atoms with Crippen LogP contribution in [0.15, 0.2) is 30.3 Å². The standard InChI is InChI=1S/C22H32N4O2.ClH/c27-21(14-16-12-18-9-10-19(13-16)24-18)26-11-5-4-8-20(26)15-23-22(28)25-17-6-2-1-3-7-17;/h1-3,6-7,16,18-20,24H,4-5,8-15H2,(H2,23,25,28);1H. The average Bonchev–Trinajstić information content (AvgIpc) is 3.05. The van der Waals surface area contributed by atoms with Crippen molar-refractivity contribution in [2.75, 3.05) is 18.4 Å². The van der Waals surface area contributed by atoms with Crippen molar-refractivity contribution in [2.24, 2.45) is 5.92 Å². The molecular weight excluding hydrogens is 388 g/mol. The SMILES string of the molecule is Cl.O=C(NCC1CCCCN1C(=O)CC1CC2CCC(C1)N2)Nc1ccccc1. The molecular formula is C22H33ClN4O2. The van der Waals surface area contributed by atoms with Crippen LogP contribution in [0, 0.1) is 5.92 Å². The van der Waals surface area contributed by atoms with Crippen molar-refractivity contribution in [3.05, 3.63) is 30.3 Å².